The molecule has 0 radical (unpaired) electrons. The van der Waals surface area contributed by atoms with Crippen LogP contribution < -0.4 is 0 Å². The van der Waals surface area contributed by atoms with Crippen LogP contribution in [0.4, 0.5) is 0 Å². The van der Waals surface area contributed by atoms with Crippen LogP contribution in [0.25, 0.3) is 0 Å². The molecule has 0 saturated carbocycles. The molecule has 0 spiro atoms. The minimum atomic E-state index is 0.0387. The van der Waals surface area contributed by atoms with Gasteiger partial charge < -0.3 is 0 Å². The monoisotopic (exact) mass is 390 g/mol. The van der Waals surface area contributed by atoms with Crippen LogP contribution in [0.3, 0.4) is 0 Å². The summed E-state index contributed by atoms with van der Waals surface area (Å²) in [4.78, 5) is 23.4. The van der Waals surface area contributed by atoms with Crippen molar-refractivity contribution >= 4 is 12.1 Å². The normalized spacial score (nSPS) is 12.0. The van der Waals surface area contributed by atoms with Crippen molar-refractivity contribution in [3.05, 3.63) is 23.8 Å². The molecule has 0 aliphatic carbocycles. The number of rotatable bonds is 21. The molecule has 0 aliphatic rings. The van der Waals surface area contributed by atoms with Crippen LogP contribution >= 0.6 is 0 Å². The fraction of sp³-hybridized carbons (Fsp3) is 0.769. The Balaban J connectivity index is 3.65. The summed E-state index contributed by atoms with van der Waals surface area (Å²) in [5.74, 6) is 0.0387. The molecule has 0 heterocycles. The largest absolute Gasteiger partial charge is 0.298 e. The highest BCUT2D eigenvalue weighted by atomic mass is 16.1. The standard InChI is InChI=1S/C26H46O2/c1-3-5-7-9-11-13-15-16-18-20-22-25(24-27)26(28)23-21-19-17-14-12-10-8-6-4-2/h6,8,22,24H,3-5,7,9-21,23H2,1-2H3/b8-6?,25-22-. The molecule has 0 N–H and O–H groups in total. The molecule has 0 atom stereocenters. The predicted octanol–water partition coefficient (Wildman–Crippen LogP) is 8.30. The van der Waals surface area contributed by atoms with Crippen molar-refractivity contribution in [2.45, 2.75) is 129 Å². The molecule has 0 bridgehead atoms. The number of carbonyl (C=O) groups is 2. The van der Waals surface area contributed by atoms with Gasteiger partial charge in [-0.25, -0.2) is 0 Å². The highest BCUT2D eigenvalue weighted by Crippen LogP contribution is 2.13. The van der Waals surface area contributed by atoms with Gasteiger partial charge in [0, 0.05) is 6.42 Å². The first-order valence-electron chi connectivity index (χ1n) is 12.1. The van der Waals surface area contributed by atoms with Gasteiger partial charge in [-0.3, -0.25) is 9.59 Å². The number of unbranched alkanes of at least 4 members (excludes halogenated alkanes) is 14. The Hall–Kier alpha value is -1.18. The van der Waals surface area contributed by atoms with Crippen LogP contribution in [0, 0.1) is 0 Å². The fourth-order valence-corrected chi connectivity index (χ4v) is 3.45. The summed E-state index contributed by atoms with van der Waals surface area (Å²) < 4.78 is 0. The lowest BCUT2D eigenvalue weighted by molar-refractivity contribution is -0.117. The van der Waals surface area contributed by atoms with Crippen LogP contribution in [0.2, 0.25) is 0 Å². The van der Waals surface area contributed by atoms with Gasteiger partial charge in [-0.2, -0.15) is 0 Å². The van der Waals surface area contributed by atoms with Gasteiger partial charge in [-0.1, -0.05) is 103 Å². The Morgan fingerprint density at radius 3 is 1.75 bits per heavy atom. The van der Waals surface area contributed by atoms with Crippen molar-refractivity contribution in [1.29, 1.82) is 0 Å². The average Bonchev–Trinajstić information content (AvgIpc) is 2.70. The number of hydrogen-bond donors (Lipinski definition) is 0. The van der Waals surface area contributed by atoms with Gasteiger partial charge in [0.05, 0.1) is 5.57 Å². The molecule has 0 rings (SSSR count). The van der Waals surface area contributed by atoms with Gasteiger partial charge in [0.15, 0.2) is 12.1 Å². The number of carbonyl (C=O) groups excluding carboxylic acids is 2. The first-order chi connectivity index (χ1) is 13.8. The molecule has 0 aromatic heterocycles. The van der Waals surface area contributed by atoms with E-state index >= 15 is 0 Å². The lowest BCUT2D eigenvalue weighted by atomic mass is 10.0. The maximum absolute atomic E-state index is 12.2. The topological polar surface area (TPSA) is 34.1 Å². The molecular weight excluding hydrogens is 344 g/mol. The number of Topliss-reactive ketones (excluding diaryl/α,β-unsaturated/α-hetero) is 1. The molecule has 0 aliphatic heterocycles. The van der Waals surface area contributed by atoms with Crippen LogP contribution in [0.15, 0.2) is 23.8 Å². The molecule has 2 nitrogen and oxygen atoms in total. The van der Waals surface area contributed by atoms with Crippen LogP contribution in [0.5, 0.6) is 0 Å². The number of aldehydes is 1. The SMILES string of the molecule is CCC=CCCCCCCCC(=O)/C(C=O)=C\CCCCCCCCCCC. The third-order valence-corrected chi connectivity index (χ3v) is 5.30. The summed E-state index contributed by atoms with van der Waals surface area (Å²) in [6.07, 6.45) is 28.1. The lowest BCUT2D eigenvalue weighted by Gasteiger charge is -2.03. The van der Waals surface area contributed by atoms with Crippen LogP contribution in [-0.2, 0) is 9.59 Å². The quantitative estimate of drug-likeness (QED) is 0.0493. The second-order valence-electron chi connectivity index (χ2n) is 8.00. The summed E-state index contributed by atoms with van der Waals surface area (Å²) in [7, 11) is 0. The Morgan fingerprint density at radius 2 is 1.18 bits per heavy atom. The zero-order chi connectivity index (χ0) is 20.7. The van der Waals surface area contributed by atoms with E-state index in [1.165, 1.54) is 77.0 Å². The van der Waals surface area contributed by atoms with Gasteiger partial charge >= 0.3 is 0 Å². The Morgan fingerprint density at radius 1 is 0.643 bits per heavy atom. The van der Waals surface area contributed by atoms with Crippen molar-refractivity contribution in [2.24, 2.45) is 0 Å². The molecule has 0 saturated heterocycles. The van der Waals surface area contributed by atoms with Gasteiger partial charge in [0.2, 0.25) is 0 Å². The second-order valence-corrected chi connectivity index (χ2v) is 8.00. The van der Waals surface area contributed by atoms with Gasteiger partial charge in [-0.05, 0) is 38.5 Å². The van der Waals surface area contributed by atoms with E-state index in [2.05, 4.69) is 26.0 Å². The van der Waals surface area contributed by atoms with Gasteiger partial charge in [0.25, 0.3) is 0 Å². The van der Waals surface area contributed by atoms with E-state index in [4.69, 9.17) is 0 Å². The fourth-order valence-electron chi connectivity index (χ4n) is 3.45. The van der Waals surface area contributed by atoms with Crippen molar-refractivity contribution < 1.29 is 9.59 Å². The van der Waals surface area contributed by atoms with Crippen molar-refractivity contribution in [2.75, 3.05) is 0 Å². The number of ketones is 1. The van der Waals surface area contributed by atoms with E-state index in [1.807, 2.05) is 6.08 Å². The van der Waals surface area contributed by atoms with Crippen molar-refractivity contribution in [1.82, 2.24) is 0 Å². The van der Waals surface area contributed by atoms with E-state index in [1.54, 1.807) is 0 Å². The maximum atomic E-state index is 12.2. The summed E-state index contributed by atoms with van der Waals surface area (Å²) in [5.41, 5.74) is 0.407. The third-order valence-electron chi connectivity index (χ3n) is 5.30. The summed E-state index contributed by atoms with van der Waals surface area (Å²) in [6.45, 7) is 4.41. The number of allylic oxidation sites excluding steroid dienone is 4. The first-order valence-corrected chi connectivity index (χ1v) is 12.1. The van der Waals surface area contributed by atoms with Crippen molar-refractivity contribution in [3.63, 3.8) is 0 Å². The highest BCUT2D eigenvalue weighted by molar-refractivity contribution is 6.11. The molecule has 162 valence electrons. The summed E-state index contributed by atoms with van der Waals surface area (Å²) in [5, 5.41) is 0. The zero-order valence-electron chi connectivity index (χ0n) is 18.9. The Bertz CT molecular complexity index is 420. The number of hydrogen-bond acceptors (Lipinski definition) is 2. The highest BCUT2D eigenvalue weighted by Gasteiger charge is 2.07. The predicted molar refractivity (Wildman–Crippen MR) is 123 cm³/mol. The maximum Gasteiger partial charge on any atom is 0.165 e. The summed E-state index contributed by atoms with van der Waals surface area (Å²) >= 11 is 0. The van der Waals surface area contributed by atoms with E-state index in [9.17, 15) is 9.59 Å². The third kappa shape index (κ3) is 18.2. The van der Waals surface area contributed by atoms with Crippen molar-refractivity contribution in [3.8, 4) is 0 Å². The zero-order valence-corrected chi connectivity index (χ0v) is 18.9. The van der Waals surface area contributed by atoms with Crippen LogP contribution in [0.1, 0.15) is 129 Å². The molecular formula is C26H46O2. The van der Waals surface area contributed by atoms with E-state index in [0.29, 0.717) is 12.0 Å². The Labute approximate surface area is 175 Å². The molecule has 0 aromatic carbocycles. The summed E-state index contributed by atoms with van der Waals surface area (Å²) in [6, 6.07) is 0. The minimum absolute atomic E-state index is 0.0387. The van der Waals surface area contributed by atoms with Crippen LogP contribution in [-0.4, -0.2) is 12.1 Å². The Kier molecular flexibility index (Phi) is 21.2. The molecule has 0 unspecified atom stereocenters. The molecule has 28 heavy (non-hydrogen) atoms. The van der Waals surface area contributed by atoms with E-state index in [0.717, 1.165) is 38.4 Å². The van der Waals surface area contributed by atoms with E-state index < -0.39 is 0 Å². The smallest absolute Gasteiger partial charge is 0.165 e. The molecule has 0 fully saturated rings. The second kappa shape index (κ2) is 22.1. The minimum Gasteiger partial charge on any atom is -0.298 e. The van der Waals surface area contributed by atoms with E-state index in [-0.39, 0.29) is 5.78 Å². The lowest BCUT2D eigenvalue weighted by Crippen LogP contribution is -2.03. The first kappa shape index (κ1) is 26.8. The van der Waals surface area contributed by atoms with Gasteiger partial charge in [-0.15, -0.1) is 0 Å². The molecule has 0 amide bonds. The molecule has 0 aromatic rings. The average molecular weight is 391 g/mol. The van der Waals surface area contributed by atoms with Gasteiger partial charge in [0.1, 0.15) is 0 Å². The molecule has 2 heteroatoms.